The summed E-state index contributed by atoms with van der Waals surface area (Å²) in [6.07, 6.45) is 0. The van der Waals surface area contributed by atoms with Crippen LogP contribution in [0.15, 0.2) is 41.1 Å². The summed E-state index contributed by atoms with van der Waals surface area (Å²) >= 11 is 16.0. The molecule has 1 atom stereocenters. The van der Waals surface area contributed by atoms with Gasteiger partial charge in [0.15, 0.2) is 21.9 Å². The van der Waals surface area contributed by atoms with Crippen LogP contribution in [0.1, 0.15) is 47.7 Å². The smallest absolute Gasteiger partial charge is 0.279 e. The van der Waals surface area contributed by atoms with Crippen molar-refractivity contribution in [3.05, 3.63) is 68.1 Å². The largest absolute Gasteiger partial charge is 0.453 e. The summed E-state index contributed by atoms with van der Waals surface area (Å²) in [4.78, 5) is 19.8. The van der Waals surface area contributed by atoms with Crippen LogP contribution < -0.4 is 14.4 Å². The molecule has 3 heterocycles. The summed E-state index contributed by atoms with van der Waals surface area (Å²) in [5.41, 5.74) is 2.75. The maximum atomic E-state index is 13.5. The molecular formula is C21H16BrCl2N3O3. The van der Waals surface area contributed by atoms with Crippen molar-refractivity contribution in [2.45, 2.75) is 25.9 Å². The zero-order valence-electron chi connectivity index (χ0n) is 16.0. The minimum atomic E-state index is -0.401. The molecule has 30 heavy (non-hydrogen) atoms. The fraction of sp³-hybridized carbons (Fsp3) is 0.238. The van der Waals surface area contributed by atoms with Crippen molar-refractivity contribution in [3.63, 3.8) is 0 Å². The van der Waals surface area contributed by atoms with E-state index in [-0.39, 0.29) is 18.7 Å². The van der Waals surface area contributed by atoms with Gasteiger partial charge >= 0.3 is 0 Å². The molecule has 5 rings (SSSR count). The van der Waals surface area contributed by atoms with E-state index in [1.807, 2.05) is 28.8 Å². The Hall–Kier alpha value is -2.22. The molecule has 0 N–H and O–H groups in total. The van der Waals surface area contributed by atoms with Gasteiger partial charge in [-0.3, -0.25) is 9.69 Å². The van der Waals surface area contributed by atoms with Gasteiger partial charge in [0.1, 0.15) is 6.04 Å². The summed E-state index contributed by atoms with van der Waals surface area (Å²) in [7, 11) is 0. The van der Waals surface area contributed by atoms with Gasteiger partial charge in [0.25, 0.3) is 5.91 Å². The molecule has 0 saturated heterocycles. The van der Waals surface area contributed by atoms with Crippen LogP contribution in [-0.2, 0) is 0 Å². The maximum absolute atomic E-state index is 13.5. The van der Waals surface area contributed by atoms with Crippen LogP contribution in [0.2, 0.25) is 10.0 Å². The first-order valence-corrected chi connectivity index (χ1v) is 10.9. The third-order valence-electron chi connectivity index (χ3n) is 5.24. The molecule has 1 aromatic heterocycles. The van der Waals surface area contributed by atoms with Crippen LogP contribution in [0.4, 0.5) is 5.69 Å². The number of halogens is 3. The molecule has 0 fully saturated rings. The lowest BCUT2D eigenvalue weighted by molar-refractivity contribution is 0.0989. The maximum Gasteiger partial charge on any atom is 0.279 e. The summed E-state index contributed by atoms with van der Waals surface area (Å²) in [6.45, 7) is 4.20. The molecule has 1 unspecified atom stereocenters. The van der Waals surface area contributed by atoms with E-state index in [0.29, 0.717) is 37.7 Å². The molecule has 2 aromatic carbocycles. The van der Waals surface area contributed by atoms with Gasteiger partial charge in [-0.2, -0.15) is 0 Å². The minimum Gasteiger partial charge on any atom is -0.453 e. The third kappa shape index (κ3) is 2.91. The Bertz CT molecular complexity index is 1180. The lowest BCUT2D eigenvalue weighted by atomic mass is 10.0. The number of benzene rings is 2. The van der Waals surface area contributed by atoms with Gasteiger partial charge < -0.3 is 14.0 Å². The van der Waals surface area contributed by atoms with E-state index < -0.39 is 6.04 Å². The van der Waals surface area contributed by atoms with Crippen molar-refractivity contribution in [2.24, 2.45) is 0 Å². The number of hydrogen-bond acceptors (Lipinski definition) is 4. The second-order valence-corrected chi connectivity index (χ2v) is 8.92. The summed E-state index contributed by atoms with van der Waals surface area (Å²) < 4.78 is 13.6. The topological polar surface area (TPSA) is 56.6 Å². The third-order valence-corrected chi connectivity index (χ3v) is 6.33. The predicted octanol–water partition coefficient (Wildman–Crippen LogP) is 6.01. The Balaban J connectivity index is 1.73. The van der Waals surface area contributed by atoms with Crippen molar-refractivity contribution < 1.29 is 14.3 Å². The van der Waals surface area contributed by atoms with Gasteiger partial charge in [-0.15, -0.1) is 0 Å². The highest BCUT2D eigenvalue weighted by Crippen LogP contribution is 2.48. The normalized spacial score (nSPS) is 17.2. The number of imidazole rings is 1. The van der Waals surface area contributed by atoms with Crippen molar-refractivity contribution in [3.8, 4) is 11.5 Å². The fourth-order valence-electron chi connectivity index (χ4n) is 3.99. The summed E-state index contributed by atoms with van der Waals surface area (Å²) in [5, 5.41) is 1.01. The molecule has 9 heteroatoms. The van der Waals surface area contributed by atoms with Crippen molar-refractivity contribution in [1.29, 1.82) is 0 Å². The van der Waals surface area contributed by atoms with E-state index in [0.717, 1.165) is 11.3 Å². The first kappa shape index (κ1) is 19.7. The van der Waals surface area contributed by atoms with E-state index >= 15 is 0 Å². The Morgan fingerprint density at radius 3 is 2.60 bits per heavy atom. The molecule has 0 saturated carbocycles. The minimum absolute atomic E-state index is 0.0958. The molecule has 2 aliphatic rings. The molecule has 0 aliphatic carbocycles. The van der Waals surface area contributed by atoms with Gasteiger partial charge in [-0.1, -0.05) is 35.3 Å². The number of aromatic nitrogens is 2. The van der Waals surface area contributed by atoms with E-state index in [2.05, 4.69) is 34.8 Å². The predicted molar refractivity (Wildman–Crippen MR) is 118 cm³/mol. The quantitative estimate of drug-likeness (QED) is 0.434. The second kappa shape index (κ2) is 7.18. The highest BCUT2D eigenvalue weighted by atomic mass is 79.9. The average Bonchev–Trinajstić information content (AvgIpc) is 3.36. The van der Waals surface area contributed by atoms with Gasteiger partial charge in [0.2, 0.25) is 6.79 Å². The Morgan fingerprint density at radius 2 is 1.90 bits per heavy atom. The number of anilines is 1. The zero-order chi connectivity index (χ0) is 21.2. The Morgan fingerprint density at radius 1 is 1.17 bits per heavy atom. The first-order chi connectivity index (χ1) is 14.4. The van der Waals surface area contributed by atoms with Gasteiger partial charge in [0, 0.05) is 17.1 Å². The molecular weight excluding hydrogens is 493 g/mol. The number of carbonyl (C=O) groups is 1. The fourth-order valence-corrected chi connectivity index (χ4v) is 5.15. The highest BCUT2D eigenvalue weighted by molar-refractivity contribution is 9.10. The van der Waals surface area contributed by atoms with E-state index in [4.69, 9.17) is 32.7 Å². The van der Waals surface area contributed by atoms with Crippen LogP contribution >= 0.6 is 39.1 Å². The molecule has 6 nitrogen and oxygen atoms in total. The van der Waals surface area contributed by atoms with Crippen molar-refractivity contribution in [1.82, 2.24) is 9.55 Å². The second-order valence-electron chi connectivity index (χ2n) is 7.37. The standard InChI is InChI=1S/C21H16BrCl2N3O3/c1-10(2)26-18-16(25-21(26)22)20(28)27(17(18)11-3-5-12(23)6-4-11)13-7-14(24)19-15(8-13)29-9-30-19/h3-8,10,17H,9H2,1-2H3. The first-order valence-electron chi connectivity index (χ1n) is 9.32. The van der Waals surface area contributed by atoms with Crippen molar-refractivity contribution >= 4 is 50.7 Å². The number of nitrogens with zero attached hydrogens (tertiary/aromatic N) is 3. The Labute approximate surface area is 191 Å². The number of fused-ring (bicyclic) bond motifs is 2. The number of carbonyl (C=O) groups excluding carboxylic acids is 1. The van der Waals surface area contributed by atoms with Gasteiger partial charge in [-0.05, 0) is 53.5 Å². The monoisotopic (exact) mass is 507 g/mol. The lowest BCUT2D eigenvalue weighted by Crippen LogP contribution is -2.30. The summed E-state index contributed by atoms with van der Waals surface area (Å²) in [6, 6.07) is 10.7. The SMILES string of the molecule is CC(C)n1c(Br)nc2c1C(c1ccc(Cl)cc1)N(c1cc(Cl)c3c(c1)OCO3)C2=O. The van der Waals surface area contributed by atoms with Gasteiger partial charge in [0.05, 0.1) is 16.4 Å². The van der Waals surface area contributed by atoms with Crippen molar-refractivity contribution in [2.75, 3.05) is 11.7 Å². The molecule has 0 spiro atoms. The molecule has 2 aliphatic heterocycles. The molecule has 0 bridgehead atoms. The van der Waals surface area contributed by atoms with E-state index in [1.54, 1.807) is 17.0 Å². The van der Waals surface area contributed by atoms with Crippen LogP contribution in [0.3, 0.4) is 0 Å². The average molecular weight is 509 g/mol. The molecule has 1 amide bonds. The number of ether oxygens (including phenoxy) is 2. The number of rotatable bonds is 3. The van der Waals surface area contributed by atoms with E-state index in [9.17, 15) is 4.79 Å². The zero-order valence-corrected chi connectivity index (χ0v) is 19.1. The summed E-state index contributed by atoms with van der Waals surface area (Å²) in [5.74, 6) is 0.790. The number of amides is 1. The van der Waals surface area contributed by atoms with Crippen LogP contribution in [0.25, 0.3) is 0 Å². The number of hydrogen-bond donors (Lipinski definition) is 0. The Kier molecular flexibility index (Phi) is 4.72. The molecule has 154 valence electrons. The van der Waals surface area contributed by atoms with Crippen LogP contribution in [-0.4, -0.2) is 22.3 Å². The van der Waals surface area contributed by atoms with Crippen LogP contribution in [0, 0.1) is 0 Å². The molecule has 3 aromatic rings. The lowest BCUT2D eigenvalue weighted by Gasteiger charge is -2.28. The molecule has 0 radical (unpaired) electrons. The van der Waals surface area contributed by atoms with E-state index in [1.165, 1.54) is 0 Å². The highest BCUT2D eigenvalue weighted by Gasteiger charge is 2.44. The van der Waals surface area contributed by atoms with Gasteiger partial charge in [-0.25, -0.2) is 4.98 Å². The van der Waals surface area contributed by atoms with Crippen LogP contribution in [0.5, 0.6) is 11.5 Å².